The Kier molecular flexibility index (Phi) is 6.57. The van der Waals surface area contributed by atoms with Gasteiger partial charge in [0.15, 0.2) is 0 Å². The molecule has 2 bridgehead atoms. The van der Waals surface area contributed by atoms with E-state index >= 15 is 0 Å². The molecule has 1 aromatic carbocycles. The molecule has 0 radical (unpaired) electrons. The van der Waals surface area contributed by atoms with E-state index in [1.165, 1.54) is 0 Å². The lowest BCUT2D eigenvalue weighted by molar-refractivity contribution is -0.142. The number of nitrogens with zero attached hydrogens (tertiary/aromatic N) is 1. The van der Waals surface area contributed by atoms with Crippen molar-refractivity contribution >= 4 is 62.7 Å². The Hall–Kier alpha value is -1.29. The number of fused-ring (bicyclic) bond motifs is 1. The molecule has 3 saturated heterocycles. The first kappa shape index (κ1) is 23.9. The number of carbonyl (C=O) groups excluding carboxylic acids is 3. The van der Waals surface area contributed by atoms with Gasteiger partial charge in [0.05, 0.1) is 29.2 Å². The fourth-order valence-electron chi connectivity index (χ4n) is 5.55. The molecule has 174 valence electrons. The van der Waals surface area contributed by atoms with Gasteiger partial charge in [-0.1, -0.05) is 41.4 Å². The van der Waals surface area contributed by atoms with Crippen LogP contribution in [-0.4, -0.2) is 68.3 Å². The fourth-order valence-corrected chi connectivity index (χ4v) is 9.28. The lowest BCUT2D eigenvalue weighted by Crippen LogP contribution is -2.56. The van der Waals surface area contributed by atoms with Gasteiger partial charge in [0, 0.05) is 27.8 Å². The lowest BCUT2D eigenvalue weighted by Gasteiger charge is -2.38. The van der Waals surface area contributed by atoms with Gasteiger partial charge in [0.2, 0.25) is 17.7 Å². The standard InChI is InChI=1S/C22H27BrClN3O4S/c1-10(2)14(9-28)27-18(20(30)26-12-6-4-11(24)5-7-12)22-8-13(23)17(32-22)15(19(29)25-3)16(22)21(27)31/h4-7,10,13-18,28H,8-9H2,1-3H3,(H,25,29)(H,26,30)/t13?,14-,15-,16-,17-,18?,22?/m0/s1. The number of thioether (sulfide) groups is 1. The molecule has 4 rings (SSSR count). The van der Waals surface area contributed by atoms with Gasteiger partial charge in [-0.05, 0) is 36.6 Å². The highest BCUT2D eigenvalue weighted by Gasteiger charge is 2.76. The summed E-state index contributed by atoms with van der Waals surface area (Å²) in [5, 5.41) is 16.3. The van der Waals surface area contributed by atoms with Crippen molar-refractivity contribution in [2.24, 2.45) is 17.8 Å². The summed E-state index contributed by atoms with van der Waals surface area (Å²) in [5.41, 5.74) is 0.576. The van der Waals surface area contributed by atoms with Crippen molar-refractivity contribution in [3.8, 4) is 0 Å². The molecule has 0 aromatic heterocycles. The van der Waals surface area contributed by atoms with Gasteiger partial charge in [-0.2, -0.15) is 0 Å². The van der Waals surface area contributed by atoms with Gasteiger partial charge in [-0.3, -0.25) is 14.4 Å². The van der Waals surface area contributed by atoms with Crippen molar-refractivity contribution < 1.29 is 19.5 Å². The Morgan fingerprint density at radius 3 is 2.53 bits per heavy atom. The molecule has 0 aliphatic carbocycles. The maximum Gasteiger partial charge on any atom is 0.248 e. The highest BCUT2D eigenvalue weighted by atomic mass is 79.9. The third kappa shape index (κ3) is 3.56. The minimum absolute atomic E-state index is 0.0104. The van der Waals surface area contributed by atoms with Crippen molar-refractivity contribution in [2.75, 3.05) is 19.0 Å². The number of aliphatic hydroxyl groups is 1. The molecule has 32 heavy (non-hydrogen) atoms. The number of amides is 3. The third-order valence-corrected chi connectivity index (χ3v) is 10.4. The number of halogens is 2. The van der Waals surface area contributed by atoms with Gasteiger partial charge in [0.25, 0.3) is 0 Å². The van der Waals surface area contributed by atoms with E-state index in [1.807, 2.05) is 13.8 Å². The zero-order valence-electron chi connectivity index (χ0n) is 18.0. The van der Waals surface area contributed by atoms with Crippen LogP contribution in [0, 0.1) is 17.8 Å². The lowest BCUT2D eigenvalue weighted by atomic mass is 9.70. The molecular formula is C22H27BrClN3O4S. The largest absolute Gasteiger partial charge is 0.394 e. The predicted octanol–water partition coefficient (Wildman–Crippen LogP) is 2.51. The minimum Gasteiger partial charge on any atom is -0.394 e. The molecule has 7 atom stereocenters. The molecular weight excluding hydrogens is 518 g/mol. The van der Waals surface area contributed by atoms with Crippen LogP contribution in [0.5, 0.6) is 0 Å². The molecule has 3 heterocycles. The summed E-state index contributed by atoms with van der Waals surface area (Å²) in [7, 11) is 1.57. The first-order chi connectivity index (χ1) is 15.2. The number of likely N-dealkylation sites (tertiary alicyclic amines) is 1. The number of aliphatic hydroxyl groups excluding tert-OH is 1. The Labute approximate surface area is 205 Å². The van der Waals surface area contributed by atoms with Crippen LogP contribution in [0.3, 0.4) is 0 Å². The summed E-state index contributed by atoms with van der Waals surface area (Å²) in [6.07, 6.45) is 0.595. The summed E-state index contributed by atoms with van der Waals surface area (Å²) in [6.45, 7) is 3.58. The Morgan fingerprint density at radius 2 is 1.97 bits per heavy atom. The smallest absolute Gasteiger partial charge is 0.248 e. The normalized spacial score (nSPS) is 34.0. The van der Waals surface area contributed by atoms with E-state index in [2.05, 4.69) is 26.6 Å². The molecule has 0 saturated carbocycles. The third-order valence-electron chi connectivity index (χ3n) is 6.95. The number of rotatable bonds is 6. The number of nitrogens with one attached hydrogen (secondary N) is 2. The molecule has 3 fully saturated rings. The number of carbonyl (C=O) groups is 3. The van der Waals surface area contributed by atoms with E-state index in [9.17, 15) is 19.5 Å². The van der Waals surface area contributed by atoms with Crippen molar-refractivity contribution in [1.29, 1.82) is 0 Å². The molecule has 3 amide bonds. The van der Waals surface area contributed by atoms with Gasteiger partial charge < -0.3 is 20.6 Å². The van der Waals surface area contributed by atoms with E-state index in [4.69, 9.17) is 11.6 Å². The number of benzene rings is 1. The monoisotopic (exact) mass is 543 g/mol. The van der Waals surface area contributed by atoms with Crippen molar-refractivity contribution in [1.82, 2.24) is 10.2 Å². The van der Waals surface area contributed by atoms with Gasteiger partial charge >= 0.3 is 0 Å². The van der Waals surface area contributed by atoms with Crippen molar-refractivity contribution in [3.05, 3.63) is 29.3 Å². The van der Waals surface area contributed by atoms with E-state index in [-0.39, 0.29) is 40.3 Å². The molecule has 1 aromatic rings. The van der Waals surface area contributed by atoms with E-state index in [0.717, 1.165) is 0 Å². The second-order valence-corrected chi connectivity index (χ2v) is 12.2. The van der Waals surface area contributed by atoms with Crippen LogP contribution < -0.4 is 10.6 Å². The summed E-state index contributed by atoms with van der Waals surface area (Å²) >= 11 is 11.3. The van der Waals surface area contributed by atoms with Gasteiger partial charge in [-0.15, -0.1) is 11.8 Å². The molecule has 3 unspecified atom stereocenters. The molecule has 7 nitrogen and oxygen atoms in total. The van der Waals surface area contributed by atoms with Crippen LogP contribution in [-0.2, 0) is 14.4 Å². The van der Waals surface area contributed by atoms with Crippen LogP contribution in [0.15, 0.2) is 24.3 Å². The van der Waals surface area contributed by atoms with E-state index in [1.54, 1.807) is 48.0 Å². The highest BCUT2D eigenvalue weighted by Crippen LogP contribution is 2.68. The SMILES string of the molecule is CNC(=O)[C@H]1[C@H]2C(=O)N([C@@H](CO)C(C)C)C(C(=O)Nc3ccc(Cl)cc3)C23CC(Br)[C@@H]1S3. The maximum absolute atomic E-state index is 13.8. The summed E-state index contributed by atoms with van der Waals surface area (Å²) in [4.78, 5) is 42.0. The minimum atomic E-state index is -0.806. The number of hydrogen-bond donors (Lipinski definition) is 3. The topological polar surface area (TPSA) is 98.7 Å². The predicted molar refractivity (Wildman–Crippen MR) is 129 cm³/mol. The van der Waals surface area contributed by atoms with Crippen LogP contribution in [0.2, 0.25) is 5.02 Å². The zero-order valence-corrected chi connectivity index (χ0v) is 21.2. The first-order valence-corrected chi connectivity index (χ1v) is 12.9. The molecule has 3 aliphatic rings. The zero-order chi connectivity index (χ0) is 23.4. The van der Waals surface area contributed by atoms with Crippen molar-refractivity contribution in [2.45, 2.75) is 47.2 Å². The Bertz CT molecular complexity index is 932. The summed E-state index contributed by atoms with van der Waals surface area (Å²) in [6, 6.07) is 5.46. The van der Waals surface area contributed by atoms with Crippen LogP contribution >= 0.6 is 39.3 Å². The van der Waals surface area contributed by atoms with Crippen LogP contribution in [0.4, 0.5) is 5.69 Å². The number of hydrogen-bond acceptors (Lipinski definition) is 5. The number of anilines is 1. The molecule has 3 aliphatic heterocycles. The highest BCUT2D eigenvalue weighted by molar-refractivity contribution is 9.09. The van der Waals surface area contributed by atoms with Crippen LogP contribution in [0.1, 0.15) is 20.3 Å². The first-order valence-electron chi connectivity index (χ1n) is 10.7. The average molecular weight is 545 g/mol. The summed E-state index contributed by atoms with van der Waals surface area (Å²) in [5.74, 6) is -1.93. The molecule has 10 heteroatoms. The second-order valence-electron chi connectivity index (χ2n) is 9.01. The fraction of sp³-hybridized carbons (Fsp3) is 0.591. The van der Waals surface area contributed by atoms with Crippen molar-refractivity contribution in [3.63, 3.8) is 0 Å². The average Bonchev–Trinajstić information content (AvgIpc) is 3.33. The van der Waals surface area contributed by atoms with E-state index in [0.29, 0.717) is 17.1 Å². The second kappa shape index (κ2) is 8.81. The molecule has 3 N–H and O–H groups in total. The Morgan fingerprint density at radius 1 is 1.31 bits per heavy atom. The Balaban J connectivity index is 1.78. The summed E-state index contributed by atoms with van der Waals surface area (Å²) < 4.78 is -0.744. The molecule has 1 spiro atoms. The van der Waals surface area contributed by atoms with E-state index < -0.39 is 28.7 Å². The van der Waals surface area contributed by atoms with Gasteiger partial charge in [0.1, 0.15) is 6.04 Å². The number of alkyl halides is 1. The quantitative estimate of drug-likeness (QED) is 0.478. The maximum atomic E-state index is 13.8. The van der Waals surface area contributed by atoms with Gasteiger partial charge in [-0.25, -0.2) is 0 Å². The van der Waals surface area contributed by atoms with Crippen LogP contribution in [0.25, 0.3) is 0 Å².